The van der Waals surface area contributed by atoms with E-state index >= 15 is 0 Å². The van der Waals surface area contributed by atoms with Gasteiger partial charge in [0.2, 0.25) is 0 Å². The molecular formula is C29H28FN5O6. The molecule has 1 saturated heterocycles. The summed E-state index contributed by atoms with van der Waals surface area (Å²) >= 11 is 0. The first kappa shape index (κ1) is 27.7. The number of hydrogen-bond donors (Lipinski definition) is 5. The SMILES string of the molecule is Cc1[nH]c(/C=C2\C(=O)Nc3cc(NC(=O)NC(=O)c4ccc(CO)cc4F)ccc32)c(C)c1C(=O)N1CCOCC1. The minimum absolute atomic E-state index is 0.0853. The van der Waals surface area contributed by atoms with Gasteiger partial charge in [-0.15, -0.1) is 0 Å². The number of carbonyl (C=O) groups excluding carboxylic acids is 4. The van der Waals surface area contributed by atoms with Crippen molar-refractivity contribution < 1.29 is 33.4 Å². The minimum Gasteiger partial charge on any atom is -0.392 e. The molecule has 5 amide bonds. The molecule has 0 spiro atoms. The number of rotatable bonds is 5. The van der Waals surface area contributed by atoms with Crippen LogP contribution in [0.2, 0.25) is 0 Å². The lowest BCUT2D eigenvalue weighted by Gasteiger charge is -2.27. The number of imide groups is 1. The molecule has 0 radical (unpaired) electrons. The molecule has 0 aliphatic carbocycles. The molecule has 3 heterocycles. The van der Waals surface area contributed by atoms with Crippen LogP contribution in [0.1, 0.15) is 48.8 Å². The number of carbonyl (C=O) groups is 4. The summed E-state index contributed by atoms with van der Waals surface area (Å²) in [7, 11) is 0. The first-order chi connectivity index (χ1) is 19.7. The van der Waals surface area contributed by atoms with Gasteiger partial charge in [0.1, 0.15) is 5.82 Å². The van der Waals surface area contributed by atoms with Crippen molar-refractivity contribution in [2.75, 3.05) is 36.9 Å². The number of hydrogen-bond acceptors (Lipinski definition) is 6. The number of amides is 5. The van der Waals surface area contributed by atoms with E-state index in [9.17, 15) is 23.6 Å². The molecule has 41 heavy (non-hydrogen) atoms. The Morgan fingerprint density at radius 1 is 1.12 bits per heavy atom. The molecular weight excluding hydrogens is 533 g/mol. The number of urea groups is 1. The van der Waals surface area contributed by atoms with Crippen LogP contribution in [0.5, 0.6) is 0 Å². The van der Waals surface area contributed by atoms with Gasteiger partial charge < -0.3 is 30.4 Å². The zero-order valence-corrected chi connectivity index (χ0v) is 22.4. The third kappa shape index (κ3) is 5.60. The summed E-state index contributed by atoms with van der Waals surface area (Å²) in [4.78, 5) is 55.7. The van der Waals surface area contributed by atoms with Gasteiger partial charge in [-0.25, -0.2) is 9.18 Å². The summed E-state index contributed by atoms with van der Waals surface area (Å²) in [5.74, 6) is -2.26. The number of morpholine rings is 1. The van der Waals surface area contributed by atoms with E-state index in [-0.39, 0.29) is 29.7 Å². The Kier molecular flexibility index (Phi) is 7.68. The van der Waals surface area contributed by atoms with Gasteiger partial charge in [-0.2, -0.15) is 0 Å². The number of anilines is 2. The average molecular weight is 562 g/mol. The van der Waals surface area contributed by atoms with Gasteiger partial charge in [-0.3, -0.25) is 19.7 Å². The van der Waals surface area contributed by atoms with Crippen molar-refractivity contribution in [1.82, 2.24) is 15.2 Å². The third-order valence-electron chi connectivity index (χ3n) is 7.03. The first-order valence-electron chi connectivity index (χ1n) is 12.9. The highest BCUT2D eigenvalue weighted by atomic mass is 19.1. The number of halogens is 1. The number of benzene rings is 2. The molecule has 0 saturated carbocycles. The fraction of sp³-hybridized carbons (Fsp3) is 0.241. The zero-order chi connectivity index (χ0) is 29.3. The molecule has 0 bridgehead atoms. The van der Waals surface area contributed by atoms with Gasteiger partial charge in [0, 0.05) is 35.7 Å². The van der Waals surface area contributed by atoms with Crippen LogP contribution in [0.4, 0.5) is 20.6 Å². The lowest BCUT2D eigenvalue weighted by Crippen LogP contribution is -2.41. The summed E-state index contributed by atoms with van der Waals surface area (Å²) in [5.41, 5.74) is 4.29. The second kappa shape index (κ2) is 11.4. The molecule has 1 aromatic heterocycles. The van der Waals surface area contributed by atoms with Crippen LogP contribution in [0.3, 0.4) is 0 Å². The quantitative estimate of drug-likeness (QED) is 0.302. The summed E-state index contributed by atoms with van der Waals surface area (Å²) in [5, 5.41) is 16.4. The Balaban J connectivity index is 1.31. The Morgan fingerprint density at radius 2 is 1.88 bits per heavy atom. The Hall–Kier alpha value is -4.81. The van der Waals surface area contributed by atoms with Crippen molar-refractivity contribution in [2.24, 2.45) is 0 Å². The largest absolute Gasteiger partial charge is 0.392 e. The van der Waals surface area contributed by atoms with Crippen molar-refractivity contribution in [3.8, 4) is 0 Å². The van der Waals surface area contributed by atoms with Gasteiger partial charge in [-0.05, 0) is 55.3 Å². The molecule has 5 rings (SSSR count). The number of nitrogens with one attached hydrogen (secondary N) is 4. The maximum atomic E-state index is 14.1. The van der Waals surface area contributed by atoms with Crippen LogP contribution in [-0.2, 0) is 16.1 Å². The van der Waals surface area contributed by atoms with Crippen molar-refractivity contribution in [2.45, 2.75) is 20.5 Å². The molecule has 2 aliphatic heterocycles. The van der Waals surface area contributed by atoms with Crippen molar-refractivity contribution in [1.29, 1.82) is 0 Å². The molecule has 11 nitrogen and oxygen atoms in total. The predicted molar refractivity (Wildman–Crippen MR) is 149 cm³/mol. The highest BCUT2D eigenvalue weighted by Crippen LogP contribution is 2.36. The molecule has 2 aromatic carbocycles. The monoisotopic (exact) mass is 561 g/mol. The summed E-state index contributed by atoms with van der Waals surface area (Å²) in [6.07, 6.45) is 1.69. The Morgan fingerprint density at radius 3 is 2.59 bits per heavy atom. The molecule has 5 N–H and O–H groups in total. The van der Waals surface area contributed by atoms with E-state index in [0.29, 0.717) is 65.6 Å². The highest BCUT2D eigenvalue weighted by molar-refractivity contribution is 6.35. The van der Waals surface area contributed by atoms with Crippen molar-refractivity contribution in [3.63, 3.8) is 0 Å². The Bertz CT molecular complexity index is 1610. The van der Waals surface area contributed by atoms with Crippen LogP contribution < -0.4 is 16.0 Å². The fourth-order valence-electron chi connectivity index (χ4n) is 4.90. The number of aromatic amines is 1. The van der Waals surface area contributed by atoms with Gasteiger partial charge >= 0.3 is 6.03 Å². The van der Waals surface area contributed by atoms with Gasteiger partial charge in [-0.1, -0.05) is 12.1 Å². The van der Waals surface area contributed by atoms with Gasteiger partial charge in [0.15, 0.2) is 0 Å². The van der Waals surface area contributed by atoms with Crippen molar-refractivity contribution in [3.05, 3.63) is 81.4 Å². The zero-order valence-electron chi connectivity index (χ0n) is 22.4. The molecule has 212 valence electrons. The predicted octanol–water partition coefficient (Wildman–Crippen LogP) is 3.19. The first-order valence-corrected chi connectivity index (χ1v) is 12.9. The van der Waals surface area contributed by atoms with E-state index in [1.807, 2.05) is 13.8 Å². The lowest BCUT2D eigenvalue weighted by atomic mass is 10.0. The fourth-order valence-corrected chi connectivity index (χ4v) is 4.90. The molecule has 3 aromatic rings. The maximum Gasteiger partial charge on any atom is 0.326 e. The summed E-state index contributed by atoms with van der Waals surface area (Å²) in [6.45, 7) is 5.29. The second-order valence-corrected chi connectivity index (χ2v) is 9.72. The van der Waals surface area contributed by atoms with E-state index in [1.165, 1.54) is 18.2 Å². The summed E-state index contributed by atoms with van der Waals surface area (Å²) in [6, 6.07) is 7.42. The van der Waals surface area contributed by atoms with Crippen LogP contribution >= 0.6 is 0 Å². The molecule has 1 fully saturated rings. The molecule has 0 unspecified atom stereocenters. The summed E-state index contributed by atoms with van der Waals surface area (Å²) < 4.78 is 19.5. The maximum absolute atomic E-state index is 14.1. The van der Waals surface area contributed by atoms with Gasteiger partial charge in [0.25, 0.3) is 17.7 Å². The van der Waals surface area contributed by atoms with Crippen LogP contribution in [0.25, 0.3) is 11.6 Å². The van der Waals surface area contributed by atoms with E-state index in [2.05, 4.69) is 20.9 Å². The Labute approximate surface area is 234 Å². The van der Waals surface area contributed by atoms with E-state index in [1.54, 1.807) is 23.1 Å². The number of ether oxygens (including phenoxy) is 1. The van der Waals surface area contributed by atoms with Crippen LogP contribution in [-0.4, -0.2) is 65.0 Å². The highest BCUT2D eigenvalue weighted by Gasteiger charge is 2.28. The van der Waals surface area contributed by atoms with Crippen LogP contribution in [0, 0.1) is 19.7 Å². The number of H-pyrrole nitrogens is 1. The minimum atomic E-state index is -0.952. The number of aryl methyl sites for hydroxylation is 1. The van der Waals surface area contributed by atoms with E-state index in [4.69, 9.17) is 9.84 Å². The van der Waals surface area contributed by atoms with Crippen molar-refractivity contribution >= 4 is 46.8 Å². The normalized spacial score (nSPS) is 15.5. The molecule has 0 atom stereocenters. The molecule has 2 aliphatic rings. The molecule has 12 heteroatoms. The number of aliphatic hydroxyl groups excluding tert-OH is 1. The second-order valence-electron chi connectivity index (χ2n) is 9.72. The average Bonchev–Trinajstić information content (AvgIpc) is 3.41. The van der Waals surface area contributed by atoms with Gasteiger partial charge in [0.05, 0.1) is 42.2 Å². The van der Waals surface area contributed by atoms with E-state index < -0.39 is 17.8 Å². The number of nitrogens with zero attached hydrogens (tertiary/aromatic N) is 1. The number of aliphatic hydroxyl groups is 1. The van der Waals surface area contributed by atoms with Crippen LogP contribution in [0.15, 0.2) is 36.4 Å². The standard InChI is InChI=1S/C29H28FN5O6/c1-15-23(31-16(2)25(15)28(39)35-7-9-41-10-8-35)13-21-19-6-4-18(12-24(19)33-27(21)38)32-29(40)34-26(37)20-5-3-17(14-36)11-22(20)30/h3-6,11-13,31,36H,7-10,14H2,1-2H3,(H,33,38)(H2,32,34,37,40)/b21-13-. The van der Waals surface area contributed by atoms with E-state index in [0.717, 1.165) is 11.6 Å². The lowest BCUT2D eigenvalue weighted by molar-refractivity contribution is -0.110. The topological polar surface area (TPSA) is 153 Å². The number of fused-ring (bicyclic) bond motifs is 1. The number of aromatic nitrogens is 1. The smallest absolute Gasteiger partial charge is 0.326 e. The third-order valence-corrected chi connectivity index (χ3v) is 7.03.